The van der Waals surface area contributed by atoms with Crippen LogP contribution in [0.25, 0.3) is 21.8 Å². The maximum atomic E-state index is 12.8. The van der Waals surface area contributed by atoms with Crippen molar-refractivity contribution in [3.63, 3.8) is 0 Å². The topological polar surface area (TPSA) is 40.5 Å². The van der Waals surface area contributed by atoms with Gasteiger partial charge >= 0.3 is 6.03 Å². The van der Waals surface area contributed by atoms with Crippen LogP contribution in [-0.4, -0.2) is 53.6 Å². The summed E-state index contributed by atoms with van der Waals surface area (Å²) in [5.41, 5.74) is 4.50. The molecule has 28 heavy (non-hydrogen) atoms. The molecule has 3 aromatic rings. The van der Waals surface area contributed by atoms with Gasteiger partial charge < -0.3 is 19.7 Å². The summed E-state index contributed by atoms with van der Waals surface area (Å²) in [6.45, 7) is 8.13. The molecule has 2 heterocycles. The molecule has 0 unspecified atom stereocenters. The van der Waals surface area contributed by atoms with Crippen LogP contribution in [0.4, 0.5) is 10.5 Å². The standard InChI is InChI=1S/C23H30N4O/c1-15(2)27-20-9-7-6-8-18(20)22-16(3)19(10-11-21(22)27)24-23(28)26-13-12-17(14-26)25(4)5/h6-11,15,17H,12-14H2,1-5H3,(H,24,28)/t17-/m1/s1. The minimum absolute atomic E-state index is 0.000558. The second kappa shape index (κ2) is 7.13. The van der Waals surface area contributed by atoms with E-state index in [1.165, 1.54) is 21.8 Å². The molecule has 4 rings (SSSR count). The van der Waals surface area contributed by atoms with Gasteiger partial charge in [-0.3, -0.25) is 0 Å². The number of hydrogen-bond acceptors (Lipinski definition) is 2. The summed E-state index contributed by atoms with van der Waals surface area (Å²) in [6.07, 6.45) is 1.03. The lowest BCUT2D eigenvalue weighted by Crippen LogP contribution is -2.36. The van der Waals surface area contributed by atoms with E-state index in [4.69, 9.17) is 0 Å². The number of aryl methyl sites for hydroxylation is 1. The Morgan fingerprint density at radius 1 is 1.14 bits per heavy atom. The Bertz CT molecular complexity index is 1030. The average Bonchev–Trinajstić information content (AvgIpc) is 3.27. The van der Waals surface area contributed by atoms with Crippen molar-refractivity contribution < 1.29 is 4.79 Å². The van der Waals surface area contributed by atoms with Crippen LogP contribution in [0.2, 0.25) is 0 Å². The Balaban J connectivity index is 1.71. The van der Waals surface area contributed by atoms with Crippen molar-refractivity contribution in [2.24, 2.45) is 0 Å². The van der Waals surface area contributed by atoms with Crippen LogP contribution in [0, 0.1) is 6.92 Å². The normalized spacial score (nSPS) is 17.4. The first-order valence-corrected chi connectivity index (χ1v) is 10.1. The molecule has 1 N–H and O–H groups in total. The zero-order valence-electron chi connectivity index (χ0n) is 17.5. The fraction of sp³-hybridized carbons (Fsp3) is 0.435. The minimum Gasteiger partial charge on any atom is -0.338 e. The van der Waals surface area contributed by atoms with Crippen LogP contribution in [-0.2, 0) is 0 Å². The van der Waals surface area contributed by atoms with E-state index in [2.05, 4.69) is 80.0 Å². The molecule has 0 saturated carbocycles. The van der Waals surface area contributed by atoms with Crippen LogP contribution < -0.4 is 5.32 Å². The SMILES string of the molecule is Cc1c(NC(=O)N2CC[C@@H](N(C)C)C2)ccc2c1c1ccccc1n2C(C)C. The van der Waals surface area contributed by atoms with Gasteiger partial charge in [-0.15, -0.1) is 0 Å². The van der Waals surface area contributed by atoms with Crippen LogP contribution in [0.3, 0.4) is 0 Å². The zero-order valence-corrected chi connectivity index (χ0v) is 17.5. The Morgan fingerprint density at radius 2 is 1.89 bits per heavy atom. The maximum absolute atomic E-state index is 12.8. The van der Waals surface area contributed by atoms with E-state index in [0.29, 0.717) is 12.1 Å². The maximum Gasteiger partial charge on any atom is 0.321 e. The highest BCUT2D eigenvalue weighted by molar-refractivity contribution is 6.12. The van der Waals surface area contributed by atoms with E-state index in [1.807, 2.05) is 11.0 Å². The Kier molecular flexibility index (Phi) is 4.79. The number of likely N-dealkylation sites (tertiary alicyclic amines) is 1. The molecule has 2 aromatic carbocycles. The molecule has 1 fully saturated rings. The second-order valence-electron chi connectivity index (χ2n) is 8.40. The van der Waals surface area contributed by atoms with Crippen molar-refractivity contribution in [2.75, 3.05) is 32.5 Å². The number of hydrogen-bond donors (Lipinski definition) is 1. The number of amides is 2. The molecular formula is C23H30N4O. The Morgan fingerprint density at radius 3 is 2.57 bits per heavy atom. The van der Waals surface area contributed by atoms with Gasteiger partial charge in [-0.1, -0.05) is 18.2 Å². The minimum atomic E-state index is -0.000558. The summed E-state index contributed by atoms with van der Waals surface area (Å²) in [4.78, 5) is 17.0. The number of rotatable bonds is 3. The molecule has 2 amide bonds. The lowest BCUT2D eigenvalue weighted by Gasteiger charge is -2.21. The van der Waals surface area contributed by atoms with Crippen molar-refractivity contribution in [3.8, 4) is 0 Å². The molecule has 0 spiro atoms. The van der Waals surface area contributed by atoms with Gasteiger partial charge in [0, 0.05) is 52.7 Å². The number of nitrogens with zero attached hydrogens (tertiary/aromatic N) is 3. The summed E-state index contributed by atoms with van der Waals surface area (Å²) in [6, 6.07) is 13.5. The van der Waals surface area contributed by atoms with Gasteiger partial charge in [0.15, 0.2) is 0 Å². The number of carbonyl (C=O) groups is 1. The van der Waals surface area contributed by atoms with E-state index < -0.39 is 0 Å². The number of fused-ring (bicyclic) bond motifs is 3. The first-order valence-electron chi connectivity index (χ1n) is 10.1. The molecule has 0 bridgehead atoms. The third-order valence-corrected chi connectivity index (χ3v) is 6.07. The smallest absolute Gasteiger partial charge is 0.321 e. The van der Waals surface area contributed by atoms with E-state index >= 15 is 0 Å². The van der Waals surface area contributed by atoms with Gasteiger partial charge in [-0.05, 0) is 65.0 Å². The third-order valence-electron chi connectivity index (χ3n) is 6.07. The predicted octanol–water partition coefficient (Wildman–Crippen LogP) is 4.85. The number of carbonyl (C=O) groups excluding carboxylic acids is 1. The molecule has 5 heteroatoms. The molecule has 1 aliphatic rings. The molecule has 5 nitrogen and oxygen atoms in total. The first-order chi connectivity index (χ1) is 13.4. The average molecular weight is 379 g/mol. The van der Waals surface area contributed by atoms with Crippen molar-refractivity contribution >= 4 is 33.5 Å². The van der Waals surface area contributed by atoms with Crippen molar-refractivity contribution in [1.82, 2.24) is 14.4 Å². The van der Waals surface area contributed by atoms with Crippen molar-refractivity contribution in [1.29, 1.82) is 0 Å². The molecule has 1 saturated heterocycles. The molecule has 0 aliphatic carbocycles. The van der Waals surface area contributed by atoms with Crippen molar-refractivity contribution in [2.45, 2.75) is 39.3 Å². The van der Waals surface area contributed by atoms with E-state index in [1.54, 1.807) is 0 Å². The van der Waals surface area contributed by atoms with Gasteiger partial charge in [0.05, 0.1) is 0 Å². The third kappa shape index (κ3) is 3.04. The number of aromatic nitrogens is 1. The summed E-state index contributed by atoms with van der Waals surface area (Å²) in [7, 11) is 4.16. The number of urea groups is 1. The van der Waals surface area contributed by atoms with E-state index in [0.717, 1.165) is 30.8 Å². The van der Waals surface area contributed by atoms with Gasteiger partial charge in [0.1, 0.15) is 0 Å². The molecule has 148 valence electrons. The summed E-state index contributed by atoms with van der Waals surface area (Å²) < 4.78 is 2.38. The zero-order chi connectivity index (χ0) is 20.0. The Labute approximate surface area is 166 Å². The largest absolute Gasteiger partial charge is 0.338 e. The van der Waals surface area contributed by atoms with Crippen LogP contribution in [0.15, 0.2) is 36.4 Å². The second-order valence-corrected chi connectivity index (χ2v) is 8.40. The lowest BCUT2D eigenvalue weighted by atomic mass is 10.1. The number of nitrogens with one attached hydrogen (secondary N) is 1. The molecule has 1 atom stereocenters. The first kappa shape index (κ1) is 18.8. The van der Waals surface area contributed by atoms with Crippen molar-refractivity contribution in [3.05, 3.63) is 42.0 Å². The fourth-order valence-corrected chi connectivity index (χ4v) is 4.50. The van der Waals surface area contributed by atoms with Gasteiger partial charge in [0.2, 0.25) is 0 Å². The highest BCUT2D eigenvalue weighted by Gasteiger charge is 2.28. The highest BCUT2D eigenvalue weighted by Crippen LogP contribution is 2.36. The number of benzene rings is 2. The van der Waals surface area contributed by atoms with Gasteiger partial charge in [0.25, 0.3) is 0 Å². The molecule has 1 aromatic heterocycles. The van der Waals surface area contributed by atoms with E-state index in [9.17, 15) is 4.79 Å². The van der Waals surface area contributed by atoms with Crippen LogP contribution in [0.5, 0.6) is 0 Å². The monoisotopic (exact) mass is 378 g/mol. The number of likely N-dealkylation sites (N-methyl/N-ethyl adjacent to an activating group) is 1. The Hall–Kier alpha value is -2.53. The van der Waals surface area contributed by atoms with Crippen LogP contribution in [0.1, 0.15) is 31.9 Å². The summed E-state index contributed by atoms with van der Waals surface area (Å²) >= 11 is 0. The lowest BCUT2D eigenvalue weighted by molar-refractivity contribution is 0.216. The summed E-state index contributed by atoms with van der Waals surface area (Å²) in [5.74, 6) is 0. The highest BCUT2D eigenvalue weighted by atomic mass is 16.2. The van der Waals surface area contributed by atoms with E-state index in [-0.39, 0.29) is 6.03 Å². The van der Waals surface area contributed by atoms with Gasteiger partial charge in [-0.25, -0.2) is 4.79 Å². The molecule has 1 aliphatic heterocycles. The fourth-order valence-electron chi connectivity index (χ4n) is 4.50. The van der Waals surface area contributed by atoms with Gasteiger partial charge in [-0.2, -0.15) is 0 Å². The predicted molar refractivity (Wildman–Crippen MR) is 117 cm³/mol. The number of anilines is 1. The van der Waals surface area contributed by atoms with Crippen LogP contribution >= 0.6 is 0 Å². The quantitative estimate of drug-likeness (QED) is 0.708. The molecule has 0 radical (unpaired) electrons. The summed E-state index contributed by atoms with van der Waals surface area (Å²) in [5, 5.41) is 5.64. The molecular weight excluding hydrogens is 348 g/mol. The number of para-hydroxylation sites is 1.